The number of imide groups is 2. The first-order chi connectivity index (χ1) is 16.0. The number of carbonyl (C=O) groups is 6. The molecule has 10 heteroatoms. The molecule has 0 aromatic heterocycles. The Morgan fingerprint density at radius 3 is 2.15 bits per heavy atom. The summed E-state index contributed by atoms with van der Waals surface area (Å²) < 4.78 is 5.85. The molecule has 34 heavy (non-hydrogen) atoms. The number of hydrogen-bond acceptors (Lipinski definition) is 7. The first-order valence-electron chi connectivity index (χ1n) is 10.3. The average molecular weight is 464 g/mol. The van der Waals surface area contributed by atoms with Crippen LogP contribution < -0.4 is 0 Å². The van der Waals surface area contributed by atoms with Gasteiger partial charge in [-0.05, 0) is 51.1 Å². The van der Waals surface area contributed by atoms with Crippen molar-refractivity contribution < 1.29 is 38.6 Å². The fourth-order valence-electron chi connectivity index (χ4n) is 4.08. The molecule has 4 rings (SSSR count). The zero-order valence-electron chi connectivity index (χ0n) is 18.5. The van der Waals surface area contributed by atoms with Gasteiger partial charge in [0.05, 0.1) is 40.5 Å². The molecule has 2 aliphatic heterocycles. The molecule has 2 heterocycles. The van der Waals surface area contributed by atoms with Crippen LogP contribution >= 0.6 is 0 Å². The van der Waals surface area contributed by atoms with Crippen LogP contribution in [0.4, 0.5) is 0 Å². The SMILES string of the molecule is CC(COC(C)(C)N1C(=O)c2ccc(C=O)cc2C1=O)N1C(=O)c2ccc(C(=O)O)cc2C1=O. The van der Waals surface area contributed by atoms with Crippen LogP contribution in [-0.2, 0) is 4.74 Å². The third kappa shape index (κ3) is 3.48. The van der Waals surface area contributed by atoms with E-state index in [1.54, 1.807) is 6.92 Å². The average Bonchev–Trinajstić information content (AvgIpc) is 3.21. The summed E-state index contributed by atoms with van der Waals surface area (Å²) >= 11 is 0. The van der Waals surface area contributed by atoms with E-state index >= 15 is 0 Å². The number of hydrogen-bond donors (Lipinski definition) is 1. The van der Waals surface area contributed by atoms with Crippen LogP contribution in [0.15, 0.2) is 36.4 Å². The number of amides is 4. The first-order valence-corrected chi connectivity index (χ1v) is 10.3. The van der Waals surface area contributed by atoms with Gasteiger partial charge >= 0.3 is 5.97 Å². The number of carboxylic acids is 1. The zero-order valence-corrected chi connectivity index (χ0v) is 18.5. The summed E-state index contributed by atoms with van der Waals surface area (Å²) in [5, 5.41) is 9.15. The molecule has 1 atom stereocenters. The summed E-state index contributed by atoms with van der Waals surface area (Å²) in [5.74, 6) is -3.67. The number of rotatable bonds is 7. The van der Waals surface area contributed by atoms with Crippen LogP contribution in [0.5, 0.6) is 0 Å². The Labute approximate surface area is 193 Å². The van der Waals surface area contributed by atoms with E-state index in [0.717, 1.165) is 15.9 Å². The fraction of sp³-hybridized carbons (Fsp3) is 0.250. The summed E-state index contributed by atoms with van der Waals surface area (Å²) in [6.45, 7) is 4.37. The second kappa shape index (κ2) is 7.99. The van der Waals surface area contributed by atoms with Gasteiger partial charge < -0.3 is 9.84 Å². The van der Waals surface area contributed by atoms with Gasteiger partial charge in [0.15, 0.2) is 0 Å². The molecular weight excluding hydrogens is 444 g/mol. The van der Waals surface area contributed by atoms with E-state index in [-0.39, 0.29) is 40.0 Å². The summed E-state index contributed by atoms with van der Waals surface area (Å²) in [4.78, 5) is 75.5. The molecule has 2 aromatic rings. The maximum absolute atomic E-state index is 12.9. The molecule has 10 nitrogen and oxygen atoms in total. The maximum Gasteiger partial charge on any atom is 0.335 e. The largest absolute Gasteiger partial charge is 0.478 e. The lowest BCUT2D eigenvalue weighted by molar-refractivity contribution is -0.105. The van der Waals surface area contributed by atoms with Crippen LogP contribution in [0.3, 0.4) is 0 Å². The topological polar surface area (TPSA) is 138 Å². The van der Waals surface area contributed by atoms with Crippen molar-refractivity contribution >= 4 is 35.9 Å². The molecule has 0 spiro atoms. The van der Waals surface area contributed by atoms with Crippen molar-refractivity contribution in [2.75, 3.05) is 6.61 Å². The van der Waals surface area contributed by atoms with Crippen molar-refractivity contribution in [1.29, 1.82) is 0 Å². The lowest BCUT2D eigenvalue weighted by Crippen LogP contribution is -2.51. The molecule has 0 aliphatic carbocycles. The molecule has 0 radical (unpaired) electrons. The maximum atomic E-state index is 12.9. The molecule has 0 fully saturated rings. The van der Waals surface area contributed by atoms with Crippen molar-refractivity contribution in [2.45, 2.75) is 32.5 Å². The minimum absolute atomic E-state index is 0.0117. The van der Waals surface area contributed by atoms with Crippen LogP contribution in [-0.4, -0.2) is 69.2 Å². The molecule has 1 unspecified atom stereocenters. The van der Waals surface area contributed by atoms with E-state index in [1.165, 1.54) is 44.2 Å². The predicted octanol–water partition coefficient (Wildman–Crippen LogP) is 2.23. The van der Waals surface area contributed by atoms with Gasteiger partial charge in [0, 0.05) is 5.56 Å². The van der Waals surface area contributed by atoms with Crippen LogP contribution in [0.25, 0.3) is 0 Å². The Hall–Kier alpha value is -4.18. The Bertz CT molecular complexity index is 1300. The second-order valence-corrected chi connectivity index (χ2v) is 8.52. The van der Waals surface area contributed by atoms with Crippen molar-refractivity contribution in [2.24, 2.45) is 0 Å². The van der Waals surface area contributed by atoms with Crippen molar-refractivity contribution in [3.8, 4) is 0 Å². The summed E-state index contributed by atoms with van der Waals surface area (Å²) in [6, 6.07) is 7.10. The quantitative estimate of drug-likeness (QED) is 0.486. The number of fused-ring (bicyclic) bond motifs is 2. The molecule has 2 aromatic carbocycles. The Balaban J connectivity index is 1.51. The molecule has 4 amide bonds. The molecule has 0 bridgehead atoms. The van der Waals surface area contributed by atoms with Gasteiger partial charge in [-0.25, -0.2) is 9.69 Å². The van der Waals surface area contributed by atoms with Gasteiger partial charge in [-0.3, -0.25) is 28.9 Å². The minimum atomic E-state index is -1.43. The standard InChI is InChI=1S/C24H20N2O8/c1-12(25-19(28)15-7-5-14(23(32)33)9-18(15)20(25)29)11-34-24(2,3)26-21(30)16-6-4-13(10-27)8-17(16)22(26)31/h4-10,12H,11H2,1-3H3,(H,32,33). The van der Waals surface area contributed by atoms with E-state index in [2.05, 4.69) is 0 Å². The zero-order chi connectivity index (χ0) is 24.9. The van der Waals surface area contributed by atoms with Gasteiger partial charge in [0.2, 0.25) is 0 Å². The number of carbonyl (C=O) groups excluding carboxylic acids is 5. The Morgan fingerprint density at radius 1 is 0.941 bits per heavy atom. The van der Waals surface area contributed by atoms with Crippen molar-refractivity contribution in [1.82, 2.24) is 9.80 Å². The van der Waals surface area contributed by atoms with E-state index < -0.39 is 41.4 Å². The minimum Gasteiger partial charge on any atom is -0.478 e. The third-order valence-electron chi connectivity index (χ3n) is 5.87. The van der Waals surface area contributed by atoms with Gasteiger partial charge in [-0.2, -0.15) is 0 Å². The highest BCUT2D eigenvalue weighted by molar-refractivity contribution is 6.23. The smallest absolute Gasteiger partial charge is 0.335 e. The molecular formula is C24H20N2O8. The number of nitrogens with zero attached hydrogens (tertiary/aromatic N) is 2. The number of aromatic carboxylic acids is 1. The molecule has 2 aliphatic rings. The van der Waals surface area contributed by atoms with E-state index in [0.29, 0.717) is 6.29 Å². The molecule has 0 saturated heterocycles. The van der Waals surface area contributed by atoms with Crippen molar-refractivity contribution in [3.63, 3.8) is 0 Å². The first kappa shape index (κ1) is 23.0. The van der Waals surface area contributed by atoms with Gasteiger partial charge in [0.1, 0.15) is 12.0 Å². The highest BCUT2D eigenvalue weighted by atomic mass is 16.5. The molecule has 0 saturated carbocycles. The van der Waals surface area contributed by atoms with Crippen LogP contribution in [0.2, 0.25) is 0 Å². The normalized spacial score (nSPS) is 16.1. The summed E-state index contributed by atoms with van der Waals surface area (Å²) in [5.41, 5.74) is -0.975. The number of ether oxygens (including phenoxy) is 1. The fourth-order valence-corrected chi connectivity index (χ4v) is 4.08. The van der Waals surface area contributed by atoms with Gasteiger partial charge in [-0.1, -0.05) is 6.07 Å². The molecule has 174 valence electrons. The third-order valence-corrected chi connectivity index (χ3v) is 5.87. The monoisotopic (exact) mass is 464 g/mol. The van der Waals surface area contributed by atoms with Gasteiger partial charge in [-0.15, -0.1) is 0 Å². The van der Waals surface area contributed by atoms with E-state index in [1.807, 2.05) is 0 Å². The number of benzene rings is 2. The highest BCUT2D eigenvalue weighted by Gasteiger charge is 2.46. The van der Waals surface area contributed by atoms with Crippen LogP contribution in [0, 0.1) is 0 Å². The lowest BCUT2D eigenvalue weighted by Gasteiger charge is -2.35. The predicted molar refractivity (Wildman–Crippen MR) is 116 cm³/mol. The Morgan fingerprint density at radius 2 is 1.50 bits per heavy atom. The number of aldehydes is 1. The Kier molecular flexibility index (Phi) is 5.41. The molecule has 1 N–H and O–H groups in total. The van der Waals surface area contributed by atoms with Gasteiger partial charge in [0.25, 0.3) is 23.6 Å². The number of carboxylic acid groups (broad SMARTS) is 1. The van der Waals surface area contributed by atoms with E-state index in [9.17, 15) is 28.8 Å². The second-order valence-electron chi connectivity index (χ2n) is 8.52. The summed E-state index contributed by atoms with van der Waals surface area (Å²) in [7, 11) is 0. The lowest BCUT2D eigenvalue weighted by atomic mass is 10.1. The highest BCUT2D eigenvalue weighted by Crippen LogP contribution is 2.32. The van der Waals surface area contributed by atoms with Crippen LogP contribution in [0.1, 0.15) is 82.9 Å². The van der Waals surface area contributed by atoms with Crippen molar-refractivity contribution in [3.05, 3.63) is 69.8 Å². The summed E-state index contributed by atoms with van der Waals surface area (Å²) in [6.07, 6.45) is 0.575. The van der Waals surface area contributed by atoms with E-state index in [4.69, 9.17) is 9.84 Å².